The van der Waals surface area contributed by atoms with E-state index < -0.39 is 0 Å². The van der Waals surface area contributed by atoms with Crippen molar-refractivity contribution in [2.45, 2.75) is 31.2 Å². The summed E-state index contributed by atoms with van der Waals surface area (Å²) in [6, 6.07) is 6.37. The maximum Gasteiger partial charge on any atom is 0.223 e. The number of amides is 1. The summed E-state index contributed by atoms with van der Waals surface area (Å²) >= 11 is 0. The standard InChI is InChI=1S/C17H22N2O3/c18-9-10-5-12(6-10)19-17(20)14-8-13(14)11-1-2-15-16(7-11)22-4-3-21-15/h1-2,7,10,12-14H,3-6,8-9,18H2,(H,19,20)/t10?,12?,13-,14+/m0/s1. The Hall–Kier alpha value is -1.75. The predicted molar refractivity (Wildman–Crippen MR) is 82.0 cm³/mol. The zero-order valence-corrected chi connectivity index (χ0v) is 12.6. The van der Waals surface area contributed by atoms with Gasteiger partial charge in [-0.15, -0.1) is 0 Å². The molecule has 0 bridgehead atoms. The molecule has 0 radical (unpaired) electrons. The van der Waals surface area contributed by atoms with Gasteiger partial charge in [-0.3, -0.25) is 4.79 Å². The lowest BCUT2D eigenvalue weighted by molar-refractivity contribution is -0.124. The van der Waals surface area contributed by atoms with Crippen LogP contribution in [0.25, 0.3) is 0 Å². The van der Waals surface area contributed by atoms with Crippen LogP contribution in [-0.2, 0) is 4.79 Å². The van der Waals surface area contributed by atoms with Crippen molar-refractivity contribution >= 4 is 5.91 Å². The number of carbonyl (C=O) groups excluding carboxylic acids is 1. The fourth-order valence-corrected chi connectivity index (χ4v) is 3.50. The molecule has 2 atom stereocenters. The van der Waals surface area contributed by atoms with Gasteiger partial charge in [0.05, 0.1) is 0 Å². The summed E-state index contributed by atoms with van der Waals surface area (Å²) in [5.74, 6) is 2.83. The fourth-order valence-electron chi connectivity index (χ4n) is 3.50. The van der Waals surface area contributed by atoms with Crippen molar-refractivity contribution in [3.63, 3.8) is 0 Å². The van der Waals surface area contributed by atoms with Crippen LogP contribution in [0.1, 0.15) is 30.7 Å². The van der Waals surface area contributed by atoms with Crippen molar-refractivity contribution in [1.29, 1.82) is 0 Å². The van der Waals surface area contributed by atoms with E-state index in [4.69, 9.17) is 15.2 Å². The van der Waals surface area contributed by atoms with Gasteiger partial charge < -0.3 is 20.5 Å². The summed E-state index contributed by atoms with van der Waals surface area (Å²) < 4.78 is 11.1. The molecule has 3 aliphatic rings. The van der Waals surface area contributed by atoms with Crippen LogP contribution in [0.5, 0.6) is 11.5 Å². The van der Waals surface area contributed by atoms with Gasteiger partial charge in [-0.05, 0) is 55.3 Å². The molecule has 4 rings (SSSR count). The minimum Gasteiger partial charge on any atom is -0.486 e. The maximum absolute atomic E-state index is 12.3. The lowest BCUT2D eigenvalue weighted by atomic mass is 9.80. The lowest BCUT2D eigenvalue weighted by Gasteiger charge is -2.35. The Morgan fingerprint density at radius 1 is 1.18 bits per heavy atom. The zero-order valence-electron chi connectivity index (χ0n) is 12.6. The summed E-state index contributed by atoms with van der Waals surface area (Å²) in [7, 11) is 0. The SMILES string of the molecule is NCC1CC(NC(=O)[C@@H]2C[C@H]2c2ccc3c(c2)OCCO3)C1. The van der Waals surface area contributed by atoms with Gasteiger partial charge in [-0.1, -0.05) is 6.07 Å². The molecule has 2 fully saturated rings. The highest BCUT2D eigenvalue weighted by Gasteiger charge is 2.45. The third kappa shape index (κ3) is 2.54. The number of hydrogen-bond acceptors (Lipinski definition) is 4. The molecule has 0 saturated heterocycles. The highest BCUT2D eigenvalue weighted by atomic mass is 16.6. The first-order chi connectivity index (χ1) is 10.7. The zero-order chi connectivity index (χ0) is 15.1. The number of rotatable bonds is 4. The summed E-state index contributed by atoms with van der Waals surface area (Å²) in [5.41, 5.74) is 6.80. The van der Waals surface area contributed by atoms with Gasteiger partial charge in [0.15, 0.2) is 11.5 Å². The van der Waals surface area contributed by atoms with Crippen LogP contribution in [0.15, 0.2) is 18.2 Å². The number of carbonyl (C=O) groups is 1. The Morgan fingerprint density at radius 2 is 1.95 bits per heavy atom. The first-order valence-corrected chi connectivity index (χ1v) is 8.14. The Balaban J connectivity index is 1.35. The number of nitrogens with two attached hydrogens (primary N) is 1. The summed E-state index contributed by atoms with van der Waals surface area (Å²) in [5, 5.41) is 3.15. The van der Waals surface area contributed by atoms with Gasteiger partial charge in [-0.2, -0.15) is 0 Å². The van der Waals surface area contributed by atoms with E-state index in [-0.39, 0.29) is 11.8 Å². The minimum atomic E-state index is 0.111. The van der Waals surface area contributed by atoms with E-state index in [1.807, 2.05) is 12.1 Å². The molecule has 0 unspecified atom stereocenters. The average Bonchev–Trinajstić information content (AvgIpc) is 3.30. The molecular formula is C17H22N2O3. The van der Waals surface area contributed by atoms with E-state index in [0.717, 1.165) is 37.3 Å². The molecule has 3 N–H and O–H groups in total. The molecule has 1 aromatic rings. The van der Waals surface area contributed by atoms with E-state index in [0.29, 0.717) is 31.1 Å². The van der Waals surface area contributed by atoms with Gasteiger partial charge in [0.2, 0.25) is 5.91 Å². The fraction of sp³-hybridized carbons (Fsp3) is 0.588. The quantitative estimate of drug-likeness (QED) is 0.882. The third-order valence-corrected chi connectivity index (χ3v) is 5.04. The van der Waals surface area contributed by atoms with Gasteiger partial charge in [0.25, 0.3) is 0 Å². The lowest BCUT2D eigenvalue weighted by Crippen LogP contribution is -2.47. The molecule has 1 heterocycles. The summed E-state index contributed by atoms with van der Waals surface area (Å²) in [6.07, 6.45) is 2.99. The molecule has 2 saturated carbocycles. The second kappa shape index (κ2) is 5.47. The molecule has 5 nitrogen and oxygen atoms in total. The number of nitrogens with one attached hydrogen (secondary N) is 1. The van der Waals surface area contributed by atoms with Crippen LogP contribution in [0.2, 0.25) is 0 Å². The number of benzene rings is 1. The molecule has 0 aromatic heterocycles. The third-order valence-electron chi connectivity index (χ3n) is 5.04. The largest absolute Gasteiger partial charge is 0.486 e. The van der Waals surface area contributed by atoms with Crippen LogP contribution >= 0.6 is 0 Å². The van der Waals surface area contributed by atoms with Gasteiger partial charge in [0.1, 0.15) is 13.2 Å². The second-order valence-electron chi connectivity index (χ2n) is 6.63. The highest BCUT2D eigenvalue weighted by Crippen LogP contribution is 2.49. The normalized spacial score (nSPS) is 32.0. The Labute approximate surface area is 130 Å². The molecule has 0 spiro atoms. The number of fused-ring (bicyclic) bond motifs is 1. The van der Waals surface area contributed by atoms with Crippen LogP contribution in [0.3, 0.4) is 0 Å². The van der Waals surface area contributed by atoms with E-state index in [1.165, 1.54) is 5.56 Å². The van der Waals surface area contributed by atoms with Crippen molar-refractivity contribution in [3.05, 3.63) is 23.8 Å². The topological polar surface area (TPSA) is 73.6 Å². The molecule has 1 aliphatic heterocycles. The monoisotopic (exact) mass is 302 g/mol. The molecule has 1 aromatic carbocycles. The first kappa shape index (κ1) is 13.9. The van der Waals surface area contributed by atoms with Crippen LogP contribution in [-0.4, -0.2) is 31.7 Å². The minimum absolute atomic E-state index is 0.111. The van der Waals surface area contributed by atoms with E-state index in [1.54, 1.807) is 0 Å². The van der Waals surface area contributed by atoms with E-state index >= 15 is 0 Å². The Kier molecular flexibility index (Phi) is 3.45. The average molecular weight is 302 g/mol. The molecule has 2 aliphatic carbocycles. The molecule has 118 valence electrons. The molecule has 22 heavy (non-hydrogen) atoms. The smallest absolute Gasteiger partial charge is 0.223 e. The maximum atomic E-state index is 12.3. The van der Waals surface area contributed by atoms with Crippen molar-refractivity contribution in [1.82, 2.24) is 5.32 Å². The predicted octanol–water partition coefficient (Wildman–Crippen LogP) is 1.41. The van der Waals surface area contributed by atoms with Gasteiger partial charge >= 0.3 is 0 Å². The number of hydrogen-bond donors (Lipinski definition) is 2. The van der Waals surface area contributed by atoms with Gasteiger partial charge in [0, 0.05) is 12.0 Å². The molecule has 5 heteroatoms. The summed E-state index contributed by atoms with van der Waals surface area (Å²) in [4.78, 5) is 12.3. The Bertz CT molecular complexity index is 583. The van der Waals surface area contributed by atoms with Crippen molar-refractivity contribution < 1.29 is 14.3 Å². The van der Waals surface area contributed by atoms with Crippen molar-refractivity contribution in [2.24, 2.45) is 17.6 Å². The molecular weight excluding hydrogens is 280 g/mol. The second-order valence-corrected chi connectivity index (χ2v) is 6.63. The summed E-state index contributed by atoms with van der Waals surface area (Å²) in [6.45, 7) is 1.93. The van der Waals surface area contributed by atoms with Crippen LogP contribution in [0.4, 0.5) is 0 Å². The van der Waals surface area contributed by atoms with E-state index in [2.05, 4.69) is 11.4 Å². The Morgan fingerprint density at radius 3 is 2.73 bits per heavy atom. The van der Waals surface area contributed by atoms with Crippen molar-refractivity contribution in [2.75, 3.05) is 19.8 Å². The number of ether oxygens (including phenoxy) is 2. The van der Waals surface area contributed by atoms with Gasteiger partial charge in [-0.25, -0.2) is 0 Å². The highest BCUT2D eigenvalue weighted by molar-refractivity contribution is 5.83. The molecule has 1 amide bonds. The van der Waals surface area contributed by atoms with Crippen LogP contribution < -0.4 is 20.5 Å². The van der Waals surface area contributed by atoms with Crippen LogP contribution in [0, 0.1) is 11.8 Å². The van der Waals surface area contributed by atoms with Crippen molar-refractivity contribution in [3.8, 4) is 11.5 Å². The first-order valence-electron chi connectivity index (χ1n) is 8.14. The van der Waals surface area contributed by atoms with E-state index in [9.17, 15) is 4.79 Å².